The standard InChI is InChI=1S/C19H23N3O3/c23-19(17-7-4-12-24-17)22-10-8-21(9-11-22)13-16-14-25-18(20-16)15-5-2-1-3-6-15/h1-3,5-6,14,17H,4,7-13H2/t17-/m0/s1. The third-order valence-electron chi connectivity index (χ3n) is 4.85. The first kappa shape index (κ1) is 16.3. The Hall–Kier alpha value is -2.18. The predicted octanol–water partition coefficient (Wildman–Crippen LogP) is 2.16. The summed E-state index contributed by atoms with van der Waals surface area (Å²) in [5.41, 5.74) is 1.92. The summed E-state index contributed by atoms with van der Waals surface area (Å²) in [6.45, 7) is 4.67. The molecule has 6 nitrogen and oxygen atoms in total. The summed E-state index contributed by atoms with van der Waals surface area (Å²) in [5, 5.41) is 0. The number of nitrogens with zero attached hydrogens (tertiary/aromatic N) is 3. The van der Waals surface area contributed by atoms with Gasteiger partial charge in [0, 0.05) is 44.9 Å². The van der Waals surface area contributed by atoms with E-state index in [9.17, 15) is 4.79 Å². The molecule has 2 saturated heterocycles. The molecule has 4 rings (SSSR count). The number of carbonyl (C=O) groups excluding carboxylic acids is 1. The van der Waals surface area contributed by atoms with Crippen LogP contribution in [0.5, 0.6) is 0 Å². The fraction of sp³-hybridized carbons (Fsp3) is 0.474. The Morgan fingerprint density at radius 2 is 1.96 bits per heavy atom. The summed E-state index contributed by atoms with van der Waals surface area (Å²) in [6, 6.07) is 9.91. The van der Waals surface area contributed by atoms with Crippen LogP contribution in [0.3, 0.4) is 0 Å². The van der Waals surface area contributed by atoms with Gasteiger partial charge in [-0.3, -0.25) is 9.69 Å². The van der Waals surface area contributed by atoms with E-state index in [1.165, 1.54) is 0 Å². The molecule has 132 valence electrons. The lowest BCUT2D eigenvalue weighted by Gasteiger charge is -2.35. The zero-order chi connectivity index (χ0) is 17.1. The van der Waals surface area contributed by atoms with Gasteiger partial charge in [-0.2, -0.15) is 0 Å². The molecule has 0 aliphatic carbocycles. The van der Waals surface area contributed by atoms with E-state index >= 15 is 0 Å². The average Bonchev–Trinajstić information content (AvgIpc) is 3.35. The van der Waals surface area contributed by atoms with E-state index < -0.39 is 0 Å². The molecule has 1 aromatic heterocycles. The summed E-state index contributed by atoms with van der Waals surface area (Å²) in [7, 11) is 0. The molecule has 2 aliphatic heterocycles. The van der Waals surface area contributed by atoms with Gasteiger partial charge in [0.2, 0.25) is 5.89 Å². The minimum atomic E-state index is -0.212. The molecule has 2 aliphatic rings. The highest BCUT2D eigenvalue weighted by atomic mass is 16.5. The zero-order valence-corrected chi connectivity index (χ0v) is 14.3. The van der Waals surface area contributed by atoms with E-state index in [1.54, 1.807) is 6.26 Å². The molecule has 3 heterocycles. The van der Waals surface area contributed by atoms with Crippen LogP contribution < -0.4 is 0 Å². The highest BCUT2D eigenvalue weighted by molar-refractivity contribution is 5.81. The molecule has 0 bridgehead atoms. The van der Waals surface area contributed by atoms with Crippen LogP contribution in [0, 0.1) is 0 Å². The number of aromatic nitrogens is 1. The van der Waals surface area contributed by atoms with Crippen LogP contribution in [0.2, 0.25) is 0 Å². The topological polar surface area (TPSA) is 58.8 Å². The molecule has 1 aromatic carbocycles. The number of benzene rings is 1. The molecule has 6 heteroatoms. The van der Waals surface area contributed by atoms with Crippen LogP contribution in [0.25, 0.3) is 11.5 Å². The van der Waals surface area contributed by atoms with Crippen LogP contribution >= 0.6 is 0 Å². The van der Waals surface area contributed by atoms with E-state index in [0.29, 0.717) is 12.5 Å². The maximum Gasteiger partial charge on any atom is 0.251 e. The van der Waals surface area contributed by atoms with Crippen molar-refractivity contribution >= 4 is 5.91 Å². The number of hydrogen-bond acceptors (Lipinski definition) is 5. The van der Waals surface area contributed by atoms with E-state index in [0.717, 1.165) is 56.8 Å². The molecule has 25 heavy (non-hydrogen) atoms. The monoisotopic (exact) mass is 341 g/mol. The van der Waals surface area contributed by atoms with Crippen LogP contribution in [-0.4, -0.2) is 59.6 Å². The van der Waals surface area contributed by atoms with Gasteiger partial charge in [-0.1, -0.05) is 18.2 Å². The van der Waals surface area contributed by atoms with Crippen molar-refractivity contribution in [1.82, 2.24) is 14.8 Å². The number of hydrogen-bond donors (Lipinski definition) is 0. The van der Waals surface area contributed by atoms with Crippen molar-refractivity contribution in [3.63, 3.8) is 0 Å². The van der Waals surface area contributed by atoms with Gasteiger partial charge in [0.1, 0.15) is 12.4 Å². The number of carbonyl (C=O) groups is 1. The number of amides is 1. The zero-order valence-electron chi connectivity index (χ0n) is 14.3. The van der Waals surface area contributed by atoms with Crippen molar-refractivity contribution in [3.8, 4) is 11.5 Å². The molecule has 1 atom stereocenters. The summed E-state index contributed by atoms with van der Waals surface area (Å²) in [6.07, 6.45) is 3.37. The molecule has 2 aromatic rings. The van der Waals surface area contributed by atoms with Gasteiger partial charge in [-0.15, -0.1) is 0 Å². The highest BCUT2D eigenvalue weighted by Crippen LogP contribution is 2.20. The van der Waals surface area contributed by atoms with Crippen molar-refractivity contribution in [2.45, 2.75) is 25.5 Å². The molecule has 0 radical (unpaired) electrons. The Labute approximate surface area is 147 Å². The van der Waals surface area contributed by atoms with E-state index in [2.05, 4.69) is 9.88 Å². The number of oxazole rings is 1. The van der Waals surface area contributed by atoms with Gasteiger partial charge < -0.3 is 14.1 Å². The van der Waals surface area contributed by atoms with Gasteiger partial charge in [0.25, 0.3) is 5.91 Å². The van der Waals surface area contributed by atoms with Crippen molar-refractivity contribution in [1.29, 1.82) is 0 Å². The molecule has 0 saturated carbocycles. The lowest BCUT2D eigenvalue weighted by atomic mass is 10.2. The minimum absolute atomic E-state index is 0.157. The van der Waals surface area contributed by atoms with Gasteiger partial charge in [-0.05, 0) is 25.0 Å². The number of piperazine rings is 1. The van der Waals surface area contributed by atoms with Crippen molar-refractivity contribution in [2.75, 3.05) is 32.8 Å². The molecule has 0 unspecified atom stereocenters. The molecular weight excluding hydrogens is 318 g/mol. The number of ether oxygens (including phenoxy) is 1. The molecule has 0 spiro atoms. The second kappa shape index (κ2) is 7.37. The third-order valence-corrected chi connectivity index (χ3v) is 4.85. The molecule has 2 fully saturated rings. The van der Waals surface area contributed by atoms with Gasteiger partial charge >= 0.3 is 0 Å². The Kier molecular flexibility index (Phi) is 4.81. The van der Waals surface area contributed by atoms with Gasteiger partial charge in [0.15, 0.2) is 0 Å². The Balaban J connectivity index is 1.30. The first-order chi connectivity index (χ1) is 12.3. The second-order valence-corrected chi connectivity index (χ2v) is 6.61. The molecule has 1 amide bonds. The van der Waals surface area contributed by atoms with E-state index in [-0.39, 0.29) is 12.0 Å². The first-order valence-corrected chi connectivity index (χ1v) is 8.92. The Morgan fingerprint density at radius 1 is 1.16 bits per heavy atom. The summed E-state index contributed by atoms with van der Waals surface area (Å²) < 4.78 is 11.1. The van der Waals surface area contributed by atoms with Crippen molar-refractivity contribution in [3.05, 3.63) is 42.3 Å². The van der Waals surface area contributed by atoms with E-state index in [1.807, 2.05) is 35.2 Å². The van der Waals surface area contributed by atoms with Crippen LogP contribution in [0.4, 0.5) is 0 Å². The number of rotatable bonds is 4. The highest BCUT2D eigenvalue weighted by Gasteiger charge is 2.30. The quantitative estimate of drug-likeness (QED) is 0.853. The van der Waals surface area contributed by atoms with Crippen LogP contribution in [-0.2, 0) is 16.1 Å². The van der Waals surface area contributed by atoms with Gasteiger partial charge in [-0.25, -0.2) is 4.98 Å². The maximum atomic E-state index is 12.4. The lowest BCUT2D eigenvalue weighted by Crippen LogP contribution is -2.51. The van der Waals surface area contributed by atoms with Crippen LogP contribution in [0.15, 0.2) is 41.0 Å². The second-order valence-electron chi connectivity index (χ2n) is 6.61. The maximum absolute atomic E-state index is 12.4. The Morgan fingerprint density at radius 3 is 2.68 bits per heavy atom. The molecular formula is C19H23N3O3. The van der Waals surface area contributed by atoms with Crippen LogP contribution in [0.1, 0.15) is 18.5 Å². The summed E-state index contributed by atoms with van der Waals surface area (Å²) in [5.74, 6) is 0.813. The fourth-order valence-electron chi connectivity index (χ4n) is 3.42. The van der Waals surface area contributed by atoms with Crippen molar-refractivity contribution in [2.24, 2.45) is 0 Å². The fourth-order valence-corrected chi connectivity index (χ4v) is 3.42. The summed E-state index contributed by atoms with van der Waals surface area (Å²) in [4.78, 5) is 21.2. The minimum Gasteiger partial charge on any atom is -0.444 e. The van der Waals surface area contributed by atoms with Gasteiger partial charge in [0.05, 0.1) is 5.69 Å². The SMILES string of the molecule is O=C([C@@H]1CCCO1)N1CCN(Cc2coc(-c3ccccc3)n2)CC1. The largest absolute Gasteiger partial charge is 0.444 e. The lowest BCUT2D eigenvalue weighted by molar-refractivity contribution is -0.142. The smallest absolute Gasteiger partial charge is 0.251 e. The van der Waals surface area contributed by atoms with E-state index in [4.69, 9.17) is 9.15 Å². The normalized spacial score (nSPS) is 21.6. The third kappa shape index (κ3) is 3.75. The first-order valence-electron chi connectivity index (χ1n) is 8.92. The Bertz CT molecular complexity index is 702. The summed E-state index contributed by atoms with van der Waals surface area (Å²) >= 11 is 0. The molecule has 0 N–H and O–H groups in total. The van der Waals surface area contributed by atoms with Crippen molar-refractivity contribution < 1.29 is 13.9 Å². The predicted molar refractivity (Wildman–Crippen MR) is 92.8 cm³/mol. The average molecular weight is 341 g/mol.